The molecule has 1 spiro atoms. The highest BCUT2D eigenvalue weighted by molar-refractivity contribution is 5.93. The van der Waals surface area contributed by atoms with E-state index in [1.165, 1.54) is 12.8 Å². The highest BCUT2D eigenvalue weighted by Gasteiger charge is 2.36. The molecule has 0 bridgehead atoms. The average Bonchev–Trinajstić information content (AvgIpc) is 2.56. The monoisotopic (exact) mass is 302 g/mol. The van der Waals surface area contributed by atoms with Crippen molar-refractivity contribution in [2.45, 2.75) is 45.4 Å². The van der Waals surface area contributed by atoms with Crippen molar-refractivity contribution in [1.29, 1.82) is 0 Å². The number of likely N-dealkylation sites (tertiary alicyclic amines) is 1. The first-order valence-electron chi connectivity index (χ1n) is 8.42. The van der Waals surface area contributed by atoms with Gasteiger partial charge in [-0.05, 0) is 44.2 Å². The summed E-state index contributed by atoms with van der Waals surface area (Å²) in [5.41, 5.74) is 1.09. The predicted molar refractivity (Wildman–Crippen MR) is 85.8 cm³/mol. The molecule has 2 aliphatic rings. The van der Waals surface area contributed by atoms with Crippen molar-refractivity contribution in [2.24, 2.45) is 5.41 Å². The van der Waals surface area contributed by atoms with Crippen molar-refractivity contribution < 1.29 is 4.79 Å². The van der Waals surface area contributed by atoms with E-state index in [4.69, 9.17) is 0 Å². The largest absolute Gasteiger partial charge is 0.339 e. The Kier molecular flexibility index (Phi) is 4.43. The van der Waals surface area contributed by atoms with Gasteiger partial charge in [0.15, 0.2) is 0 Å². The molecule has 1 N–H and O–H groups in total. The molecule has 1 aromatic heterocycles. The number of nitrogens with zero attached hydrogens (tertiary/aromatic N) is 3. The zero-order valence-electron chi connectivity index (χ0n) is 13.6. The average molecular weight is 302 g/mol. The summed E-state index contributed by atoms with van der Waals surface area (Å²) in [7, 11) is 0. The van der Waals surface area contributed by atoms with Crippen LogP contribution in [0.4, 0.5) is 0 Å². The number of carbonyl (C=O) groups excluding carboxylic acids is 1. The van der Waals surface area contributed by atoms with E-state index in [-0.39, 0.29) is 5.91 Å². The summed E-state index contributed by atoms with van der Waals surface area (Å²) in [4.78, 5) is 23.2. The lowest BCUT2D eigenvalue weighted by Gasteiger charge is -2.44. The molecule has 0 radical (unpaired) electrons. The summed E-state index contributed by atoms with van der Waals surface area (Å²) >= 11 is 0. The Labute approximate surface area is 132 Å². The molecule has 0 aliphatic carbocycles. The minimum atomic E-state index is 0.0825. The van der Waals surface area contributed by atoms with Crippen LogP contribution in [-0.4, -0.2) is 47.0 Å². The summed E-state index contributed by atoms with van der Waals surface area (Å²) in [6.07, 6.45) is 8.12. The number of carbonyl (C=O) groups is 1. The van der Waals surface area contributed by atoms with E-state index in [2.05, 4.69) is 29.1 Å². The first kappa shape index (κ1) is 15.4. The summed E-state index contributed by atoms with van der Waals surface area (Å²) < 4.78 is 0. The van der Waals surface area contributed by atoms with Gasteiger partial charge >= 0.3 is 0 Å². The summed E-state index contributed by atoms with van der Waals surface area (Å²) in [6, 6.07) is 0. The van der Waals surface area contributed by atoms with Crippen molar-refractivity contribution in [2.75, 3.05) is 26.2 Å². The van der Waals surface area contributed by atoms with Gasteiger partial charge in [-0.2, -0.15) is 0 Å². The van der Waals surface area contributed by atoms with Crippen LogP contribution in [-0.2, 0) is 0 Å². The van der Waals surface area contributed by atoms with Gasteiger partial charge in [0.2, 0.25) is 0 Å². The molecular weight excluding hydrogens is 276 g/mol. The molecule has 0 aromatic carbocycles. The third-order valence-electron chi connectivity index (χ3n) is 5.21. The Morgan fingerprint density at radius 2 is 1.73 bits per heavy atom. The highest BCUT2D eigenvalue weighted by Crippen LogP contribution is 2.39. The van der Waals surface area contributed by atoms with Gasteiger partial charge < -0.3 is 10.2 Å². The topological polar surface area (TPSA) is 58.1 Å². The van der Waals surface area contributed by atoms with Gasteiger partial charge in [0.05, 0.1) is 5.56 Å². The number of amides is 1. The van der Waals surface area contributed by atoms with E-state index in [1.807, 2.05) is 4.90 Å². The van der Waals surface area contributed by atoms with E-state index in [1.54, 1.807) is 12.4 Å². The smallest absolute Gasteiger partial charge is 0.256 e. The van der Waals surface area contributed by atoms with E-state index < -0.39 is 0 Å². The highest BCUT2D eigenvalue weighted by atomic mass is 16.2. The molecule has 120 valence electrons. The van der Waals surface area contributed by atoms with Crippen LogP contribution in [0.25, 0.3) is 0 Å². The molecule has 2 fully saturated rings. The molecule has 22 heavy (non-hydrogen) atoms. The van der Waals surface area contributed by atoms with Crippen LogP contribution < -0.4 is 5.32 Å². The van der Waals surface area contributed by atoms with Crippen LogP contribution in [0.2, 0.25) is 0 Å². The maximum Gasteiger partial charge on any atom is 0.256 e. The minimum absolute atomic E-state index is 0.0825. The van der Waals surface area contributed by atoms with Crippen molar-refractivity contribution in [3.63, 3.8) is 0 Å². The molecular formula is C17H26N4O. The normalized spacial score (nSPS) is 21.3. The number of rotatable bonds is 2. The molecule has 3 heterocycles. The predicted octanol–water partition coefficient (Wildman–Crippen LogP) is 2.21. The van der Waals surface area contributed by atoms with Gasteiger partial charge in [-0.25, -0.2) is 9.97 Å². The van der Waals surface area contributed by atoms with Crippen molar-refractivity contribution in [1.82, 2.24) is 20.2 Å². The lowest BCUT2D eigenvalue weighted by atomic mass is 9.71. The number of piperidine rings is 2. The third kappa shape index (κ3) is 3.14. The van der Waals surface area contributed by atoms with E-state index in [0.29, 0.717) is 16.9 Å². The Hall–Kier alpha value is -1.49. The lowest BCUT2D eigenvalue weighted by molar-refractivity contribution is 0.0495. The van der Waals surface area contributed by atoms with E-state index >= 15 is 0 Å². The van der Waals surface area contributed by atoms with Crippen LogP contribution in [0, 0.1) is 5.41 Å². The molecule has 0 saturated carbocycles. The van der Waals surface area contributed by atoms with Gasteiger partial charge in [0.1, 0.15) is 5.82 Å². The number of hydrogen-bond acceptors (Lipinski definition) is 4. The maximum absolute atomic E-state index is 12.6. The van der Waals surface area contributed by atoms with Crippen LogP contribution in [0.3, 0.4) is 0 Å². The second-order valence-corrected chi connectivity index (χ2v) is 7.03. The summed E-state index contributed by atoms with van der Waals surface area (Å²) in [6.45, 7) is 8.09. The van der Waals surface area contributed by atoms with E-state index in [9.17, 15) is 4.79 Å². The van der Waals surface area contributed by atoms with Gasteiger partial charge in [0, 0.05) is 31.4 Å². The molecule has 0 atom stereocenters. The number of nitrogens with one attached hydrogen (secondary N) is 1. The zero-order chi connectivity index (χ0) is 15.6. The Bertz CT molecular complexity index is 510. The van der Waals surface area contributed by atoms with Crippen LogP contribution in [0.1, 0.15) is 61.6 Å². The molecule has 5 heteroatoms. The first-order chi connectivity index (χ1) is 10.6. The molecule has 2 saturated heterocycles. The maximum atomic E-state index is 12.6. The quantitative estimate of drug-likeness (QED) is 0.910. The van der Waals surface area contributed by atoms with Crippen LogP contribution in [0.15, 0.2) is 12.4 Å². The summed E-state index contributed by atoms with van der Waals surface area (Å²) in [5, 5.41) is 3.43. The Balaban J connectivity index is 1.61. The van der Waals surface area contributed by atoms with Crippen molar-refractivity contribution >= 4 is 5.91 Å². The van der Waals surface area contributed by atoms with E-state index in [0.717, 1.165) is 44.8 Å². The standard InChI is InChI=1S/C17H26N4O/c1-13(2)15-19-11-14(12-20-15)16(22)21-9-5-17(6-10-21)3-7-18-8-4-17/h11-13,18H,3-10H2,1-2H3. The first-order valence-corrected chi connectivity index (χ1v) is 8.42. The van der Waals surface area contributed by atoms with Crippen molar-refractivity contribution in [3.05, 3.63) is 23.8 Å². The third-order valence-corrected chi connectivity index (χ3v) is 5.21. The molecule has 2 aliphatic heterocycles. The Morgan fingerprint density at radius 1 is 1.14 bits per heavy atom. The van der Waals surface area contributed by atoms with Crippen molar-refractivity contribution in [3.8, 4) is 0 Å². The second kappa shape index (κ2) is 6.32. The minimum Gasteiger partial charge on any atom is -0.339 e. The SMILES string of the molecule is CC(C)c1ncc(C(=O)N2CCC3(CCNCC3)CC2)cn1. The fourth-order valence-corrected chi connectivity index (χ4v) is 3.57. The van der Waals surface area contributed by atoms with Crippen LogP contribution >= 0.6 is 0 Å². The number of hydrogen-bond donors (Lipinski definition) is 1. The molecule has 0 unspecified atom stereocenters. The molecule has 3 rings (SSSR count). The lowest BCUT2D eigenvalue weighted by Crippen LogP contribution is -2.47. The zero-order valence-corrected chi connectivity index (χ0v) is 13.6. The fourth-order valence-electron chi connectivity index (χ4n) is 3.57. The van der Waals surface area contributed by atoms with Gasteiger partial charge in [-0.3, -0.25) is 4.79 Å². The van der Waals surface area contributed by atoms with Gasteiger partial charge in [-0.1, -0.05) is 13.8 Å². The van der Waals surface area contributed by atoms with Gasteiger partial charge in [-0.15, -0.1) is 0 Å². The second-order valence-electron chi connectivity index (χ2n) is 7.03. The molecule has 1 aromatic rings. The summed E-state index contributed by atoms with van der Waals surface area (Å²) in [5.74, 6) is 1.17. The fraction of sp³-hybridized carbons (Fsp3) is 0.706. The number of aromatic nitrogens is 2. The van der Waals surface area contributed by atoms with Gasteiger partial charge in [0.25, 0.3) is 5.91 Å². The molecule has 5 nitrogen and oxygen atoms in total. The van der Waals surface area contributed by atoms with Crippen LogP contribution in [0.5, 0.6) is 0 Å². The molecule has 1 amide bonds. The Morgan fingerprint density at radius 3 is 2.27 bits per heavy atom.